The number of rotatable bonds is 7. The zero-order valence-electron chi connectivity index (χ0n) is 21.3. The van der Waals surface area contributed by atoms with Gasteiger partial charge in [-0.1, -0.05) is 36.4 Å². The predicted molar refractivity (Wildman–Crippen MR) is 135 cm³/mol. The van der Waals surface area contributed by atoms with Crippen LogP contribution in [0.4, 0.5) is 0 Å². The summed E-state index contributed by atoms with van der Waals surface area (Å²) in [6.07, 6.45) is -0.179. The molecule has 3 N–H and O–H groups in total. The molecule has 2 aliphatic carbocycles. The van der Waals surface area contributed by atoms with Crippen LogP contribution in [0.3, 0.4) is 0 Å². The predicted octanol–water partition coefficient (Wildman–Crippen LogP) is 2.36. The van der Waals surface area contributed by atoms with Gasteiger partial charge in [0.25, 0.3) is 0 Å². The van der Waals surface area contributed by atoms with E-state index in [9.17, 15) is 24.6 Å². The Labute approximate surface area is 224 Å². The van der Waals surface area contributed by atoms with E-state index in [1.807, 2.05) is 13.1 Å². The number of carboxylic acids is 1. The Morgan fingerprint density at radius 3 is 2.67 bits per heavy atom. The van der Waals surface area contributed by atoms with Crippen molar-refractivity contribution < 1.29 is 43.9 Å². The minimum absolute atomic E-state index is 0.0440. The van der Waals surface area contributed by atoms with Crippen molar-refractivity contribution in [3.05, 3.63) is 71.0 Å². The number of aromatic hydroxyl groups is 1. The zero-order chi connectivity index (χ0) is 27.5. The van der Waals surface area contributed by atoms with Crippen LogP contribution < -0.4 is 4.74 Å². The van der Waals surface area contributed by atoms with Crippen LogP contribution in [0, 0.1) is 0 Å². The average molecular weight is 536 g/mol. The van der Waals surface area contributed by atoms with Gasteiger partial charge in [0.1, 0.15) is 5.76 Å². The first-order chi connectivity index (χ1) is 18.7. The number of carboxylic acid groups (broad SMARTS) is 1. The molecule has 0 amide bonds. The molecule has 2 heterocycles. The third kappa shape index (κ3) is 3.73. The number of phenolic OH excluding ortho intramolecular Hbond substituents is 1. The van der Waals surface area contributed by atoms with Gasteiger partial charge in [-0.25, -0.2) is 4.79 Å². The van der Waals surface area contributed by atoms with E-state index in [4.69, 9.17) is 19.3 Å². The Morgan fingerprint density at radius 1 is 1.15 bits per heavy atom. The van der Waals surface area contributed by atoms with Crippen LogP contribution in [0.25, 0.3) is 0 Å². The number of likely N-dealkylation sites (N-methyl/N-ethyl adjacent to an activating group) is 1. The molecule has 6 rings (SSSR count). The first-order valence-electron chi connectivity index (χ1n) is 13.0. The van der Waals surface area contributed by atoms with Crippen molar-refractivity contribution in [1.82, 2.24) is 4.90 Å². The van der Waals surface area contributed by atoms with Crippen LogP contribution in [-0.2, 0) is 35.7 Å². The number of benzene rings is 2. The molecule has 204 valence electrons. The van der Waals surface area contributed by atoms with E-state index in [1.165, 1.54) is 0 Å². The second kappa shape index (κ2) is 9.10. The molecule has 2 aromatic carbocycles. The summed E-state index contributed by atoms with van der Waals surface area (Å²) in [5.41, 5.74) is -0.0371. The second-order valence-corrected chi connectivity index (χ2v) is 10.7. The highest BCUT2D eigenvalue weighted by atomic mass is 16.6. The van der Waals surface area contributed by atoms with Crippen LogP contribution in [0.5, 0.6) is 11.5 Å². The molecule has 10 heteroatoms. The highest BCUT2D eigenvalue weighted by Gasteiger charge is 2.72. The number of likely N-dealkylation sites (tertiary alicyclic amines) is 1. The number of phenols is 1. The van der Waals surface area contributed by atoms with Gasteiger partial charge in [0.2, 0.25) is 6.10 Å². The van der Waals surface area contributed by atoms with E-state index in [-0.39, 0.29) is 24.0 Å². The van der Waals surface area contributed by atoms with Crippen LogP contribution in [-0.4, -0.2) is 69.5 Å². The first kappa shape index (κ1) is 25.4. The van der Waals surface area contributed by atoms with Gasteiger partial charge in [-0.15, -0.1) is 0 Å². The molecular formula is C29H29NO9. The maximum atomic E-state index is 13.5. The highest BCUT2D eigenvalue weighted by molar-refractivity contribution is 5.83. The van der Waals surface area contributed by atoms with Crippen LogP contribution in [0.1, 0.15) is 48.5 Å². The van der Waals surface area contributed by atoms with Crippen molar-refractivity contribution in [2.24, 2.45) is 0 Å². The molecule has 5 atom stereocenters. The molecule has 10 nitrogen and oxygen atoms in total. The molecular weight excluding hydrogens is 506 g/mol. The lowest BCUT2D eigenvalue weighted by Gasteiger charge is -2.61. The number of carbonyl (C=O) groups is 3. The number of nitrogens with zero attached hydrogens (tertiary/aromatic N) is 1. The van der Waals surface area contributed by atoms with Crippen LogP contribution in [0.2, 0.25) is 0 Å². The number of ether oxygens (including phenoxy) is 3. The van der Waals surface area contributed by atoms with Crippen molar-refractivity contribution in [2.45, 2.75) is 61.4 Å². The largest absolute Gasteiger partial charge is 0.504 e. The summed E-state index contributed by atoms with van der Waals surface area (Å²) in [5, 5.41) is 31.8. The van der Waals surface area contributed by atoms with Gasteiger partial charge in [-0.2, -0.15) is 0 Å². The number of esters is 2. The van der Waals surface area contributed by atoms with Gasteiger partial charge in [-0.05, 0) is 44.1 Å². The minimum Gasteiger partial charge on any atom is -0.504 e. The Bertz CT molecular complexity index is 1390. The number of hydrogen-bond acceptors (Lipinski definition) is 9. The van der Waals surface area contributed by atoms with Crippen molar-refractivity contribution in [3.8, 4) is 11.5 Å². The molecule has 1 fully saturated rings. The molecule has 1 unspecified atom stereocenters. The topological polar surface area (TPSA) is 143 Å². The summed E-state index contributed by atoms with van der Waals surface area (Å²) in [4.78, 5) is 39.0. The molecule has 1 spiro atoms. The number of aliphatic hydroxyl groups is 1. The number of carbonyl (C=O) groups excluding carboxylic acids is 2. The standard InChI is InChI=1S/C29H29NO9/c1-30-14-13-28-23-17-7-8-18(31)25(23)39-26(28)19(11-12-29(28,36)20(30)15-17)37-27(35)24(16-5-3-2-4-6-16)38-22(34)10-9-21(32)33/h2-8,11,20,24,26,31,36H,9-10,12-15H2,1H3,(H,32,33)/t20-,24+,26+,28?,29-/m1/s1. The number of aliphatic carboxylic acids is 1. The third-order valence-corrected chi connectivity index (χ3v) is 8.68. The van der Waals surface area contributed by atoms with Gasteiger partial charge in [-0.3, -0.25) is 9.59 Å². The Kier molecular flexibility index (Phi) is 5.92. The monoisotopic (exact) mass is 535 g/mol. The molecule has 4 aliphatic rings. The fourth-order valence-corrected chi connectivity index (χ4v) is 6.89. The fraction of sp³-hybridized carbons (Fsp3) is 0.414. The van der Waals surface area contributed by atoms with E-state index < -0.39 is 54.0 Å². The molecule has 39 heavy (non-hydrogen) atoms. The second-order valence-electron chi connectivity index (χ2n) is 10.7. The number of piperidine rings is 1. The molecule has 2 aromatic rings. The molecule has 2 aliphatic heterocycles. The smallest absolute Gasteiger partial charge is 0.357 e. The van der Waals surface area contributed by atoms with Crippen molar-refractivity contribution in [3.63, 3.8) is 0 Å². The first-order valence-corrected chi connectivity index (χ1v) is 13.0. The van der Waals surface area contributed by atoms with E-state index in [0.717, 1.165) is 11.1 Å². The third-order valence-electron chi connectivity index (χ3n) is 8.68. The maximum absolute atomic E-state index is 13.5. The Morgan fingerprint density at radius 2 is 1.92 bits per heavy atom. The quantitative estimate of drug-likeness (QED) is 0.452. The van der Waals surface area contributed by atoms with Crippen molar-refractivity contribution in [2.75, 3.05) is 13.6 Å². The lowest BCUT2D eigenvalue weighted by atomic mass is 9.50. The zero-order valence-corrected chi connectivity index (χ0v) is 21.3. The van der Waals surface area contributed by atoms with E-state index >= 15 is 0 Å². The van der Waals surface area contributed by atoms with Crippen molar-refractivity contribution >= 4 is 17.9 Å². The van der Waals surface area contributed by atoms with Crippen LogP contribution >= 0.6 is 0 Å². The lowest BCUT2D eigenvalue weighted by Crippen LogP contribution is -2.74. The van der Waals surface area contributed by atoms with Gasteiger partial charge < -0.3 is 34.4 Å². The lowest BCUT2D eigenvalue weighted by molar-refractivity contribution is -0.176. The van der Waals surface area contributed by atoms with E-state index in [0.29, 0.717) is 30.7 Å². The summed E-state index contributed by atoms with van der Waals surface area (Å²) < 4.78 is 17.6. The Balaban J connectivity index is 1.35. The van der Waals surface area contributed by atoms with Crippen molar-refractivity contribution in [1.29, 1.82) is 0 Å². The van der Waals surface area contributed by atoms with Gasteiger partial charge in [0, 0.05) is 23.6 Å². The summed E-state index contributed by atoms with van der Waals surface area (Å²) in [5.74, 6) is -2.45. The SMILES string of the molecule is CN1CCC23c4c5ccc(O)c4O[C@H]2C(OC(=O)[C@@H](OC(=O)CCC(=O)O)c2ccccc2)=CC[C@@]3(O)[C@H]1C5. The minimum atomic E-state index is -1.43. The fourth-order valence-electron chi connectivity index (χ4n) is 6.89. The average Bonchev–Trinajstić information content (AvgIpc) is 3.28. The van der Waals surface area contributed by atoms with E-state index in [2.05, 4.69) is 4.90 Å². The molecule has 2 bridgehead atoms. The van der Waals surface area contributed by atoms with Gasteiger partial charge >= 0.3 is 17.9 Å². The molecule has 0 aromatic heterocycles. The summed E-state index contributed by atoms with van der Waals surface area (Å²) >= 11 is 0. The normalized spacial score (nSPS) is 28.9. The molecule has 0 radical (unpaired) electrons. The molecule has 1 saturated heterocycles. The molecule has 0 saturated carbocycles. The van der Waals surface area contributed by atoms with Gasteiger partial charge in [0.05, 0.1) is 23.9 Å². The van der Waals surface area contributed by atoms with Crippen LogP contribution in [0.15, 0.2) is 54.3 Å². The highest BCUT2D eigenvalue weighted by Crippen LogP contribution is 2.65. The van der Waals surface area contributed by atoms with Gasteiger partial charge in [0.15, 0.2) is 17.6 Å². The summed E-state index contributed by atoms with van der Waals surface area (Å²) in [6.45, 7) is 0.677. The number of hydrogen-bond donors (Lipinski definition) is 3. The summed E-state index contributed by atoms with van der Waals surface area (Å²) in [7, 11) is 1.98. The van der Waals surface area contributed by atoms with E-state index in [1.54, 1.807) is 42.5 Å². The maximum Gasteiger partial charge on any atom is 0.357 e. The Hall–Kier alpha value is -3.89. The summed E-state index contributed by atoms with van der Waals surface area (Å²) in [6, 6.07) is 11.6.